The van der Waals surface area contributed by atoms with Gasteiger partial charge < -0.3 is 10.6 Å². The Kier molecular flexibility index (Phi) is 4.80. The number of anilines is 3. The van der Waals surface area contributed by atoms with Crippen LogP contribution >= 0.6 is 0 Å². The lowest BCUT2D eigenvalue weighted by atomic mass is 10.3. The number of hydrogen-bond donors (Lipinski definition) is 2. The van der Waals surface area contributed by atoms with Gasteiger partial charge in [0.25, 0.3) is 0 Å². The predicted molar refractivity (Wildman–Crippen MR) is 85.9 cm³/mol. The zero-order valence-electron chi connectivity index (χ0n) is 12.1. The van der Waals surface area contributed by atoms with E-state index < -0.39 is 9.84 Å². The molecule has 0 saturated carbocycles. The van der Waals surface area contributed by atoms with Crippen LogP contribution in [-0.2, 0) is 9.84 Å². The summed E-state index contributed by atoms with van der Waals surface area (Å²) in [6.45, 7) is 2.97. The summed E-state index contributed by atoms with van der Waals surface area (Å²) >= 11 is 0. The first-order valence-corrected chi connectivity index (χ1v) is 8.65. The number of sulfone groups is 1. The topological polar surface area (TPSA) is 71.1 Å². The van der Waals surface area contributed by atoms with Gasteiger partial charge in [-0.25, -0.2) is 13.4 Å². The van der Waals surface area contributed by atoms with Crippen LogP contribution in [0.15, 0.2) is 47.5 Å². The molecule has 2 N–H and O–H groups in total. The zero-order valence-corrected chi connectivity index (χ0v) is 12.9. The lowest BCUT2D eigenvalue weighted by molar-refractivity contribution is 0.602. The molecule has 0 amide bonds. The summed E-state index contributed by atoms with van der Waals surface area (Å²) in [6, 6.07) is 10.5. The Bertz CT molecular complexity index is 697. The molecule has 2 aromatic rings. The Labute approximate surface area is 125 Å². The summed E-state index contributed by atoms with van der Waals surface area (Å²) in [5, 5.41) is 6.44. The third-order valence-electron chi connectivity index (χ3n) is 2.89. The van der Waals surface area contributed by atoms with Crippen LogP contribution in [0.3, 0.4) is 0 Å². The summed E-state index contributed by atoms with van der Waals surface area (Å²) in [5.41, 5.74) is 1.73. The van der Waals surface area contributed by atoms with Crippen LogP contribution in [-0.4, -0.2) is 26.2 Å². The fourth-order valence-corrected chi connectivity index (χ4v) is 2.44. The van der Waals surface area contributed by atoms with E-state index in [0.29, 0.717) is 4.90 Å². The van der Waals surface area contributed by atoms with E-state index in [1.807, 2.05) is 12.1 Å². The number of hydrogen-bond acceptors (Lipinski definition) is 5. The second kappa shape index (κ2) is 6.58. The molecule has 112 valence electrons. The van der Waals surface area contributed by atoms with E-state index in [2.05, 4.69) is 22.5 Å². The van der Waals surface area contributed by atoms with Crippen LogP contribution in [0.1, 0.15) is 13.3 Å². The fraction of sp³-hybridized carbons (Fsp3) is 0.267. The molecule has 0 aliphatic heterocycles. The minimum atomic E-state index is -3.16. The average Bonchev–Trinajstić information content (AvgIpc) is 2.45. The lowest BCUT2D eigenvalue weighted by Crippen LogP contribution is -2.02. The molecular weight excluding hydrogens is 286 g/mol. The van der Waals surface area contributed by atoms with Crippen molar-refractivity contribution in [2.24, 2.45) is 0 Å². The molecule has 0 saturated heterocycles. The van der Waals surface area contributed by atoms with Gasteiger partial charge in [0, 0.05) is 36.4 Å². The lowest BCUT2D eigenvalue weighted by Gasteiger charge is -2.09. The first-order chi connectivity index (χ1) is 9.99. The van der Waals surface area contributed by atoms with Gasteiger partial charge in [0.1, 0.15) is 5.82 Å². The minimum Gasteiger partial charge on any atom is -0.370 e. The van der Waals surface area contributed by atoms with E-state index in [1.165, 1.54) is 6.26 Å². The number of nitrogens with zero attached hydrogens (tertiary/aromatic N) is 1. The molecule has 0 fully saturated rings. The molecule has 0 aliphatic rings. The molecule has 0 unspecified atom stereocenters. The summed E-state index contributed by atoms with van der Waals surface area (Å²) < 4.78 is 22.8. The van der Waals surface area contributed by atoms with E-state index in [9.17, 15) is 8.42 Å². The second-order valence-electron chi connectivity index (χ2n) is 4.78. The molecule has 1 heterocycles. The van der Waals surface area contributed by atoms with Crippen molar-refractivity contribution < 1.29 is 8.42 Å². The summed E-state index contributed by atoms with van der Waals surface area (Å²) in [4.78, 5) is 4.55. The Morgan fingerprint density at radius 2 is 1.81 bits per heavy atom. The van der Waals surface area contributed by atoms with Gasteiger partial charge in [-0.1, -0.05) is 6.92 Å². The van der Waals surface area contributed by atoms with Gasteiger partial charge in [-0.3, -0.25) is 0 Å². The Morgan fingerprint density at radius 1 is 1.10 bits per heavy atom. The predicted octanol–water partition coefficient (Wildman–Crippen LogP) is 3.05. The number of rotatable bonds is 6. The molecular formula is C15H19N3O2S. The van der Waals surface area contributed by atoms with Crippen molar-refractivity contribution in [3.05, 3.63) is 42.6 Å². The Morgan fingerprint density at radius 3 is 2.43 bits per heavy atom. The molecule has 21 heavy (non-hydrogen) atoms. The second-order valence-corrected chi connectivity index (χ2v) is 6.79. The number of aromatic nitrogens is 1. The third kappa shape index (κ3) is 4.46. The smallest absolute Gasteiger partial charge is 0.175 e. The number of nitrogens with one attached hydrogen (secondary N) is 2. The zero-order chi connectivity index (χ0) is 15.3. The van der Waals surface area contributed by atoms with Gasteiger partial charge in [0.2, 0.25) is 0 Å². The van der Waals surface area contributed by atoms with Crippen LogP contribution in [0.4, 0.5) is 17.2 Å². The summed E-state index contributed by atoms with van der Waals surface area (Å²) in [5.74, 6) is 0.814. The van der Waals surface area contributed by atoms with Crippen molar-refractivity contribution in [1.29, 1.82) is 0 Å². The van der Waals surface area contributed by atoms with Crippen LogP contribution in [0.25, 0.3) is 0 Å². The van der Waals surface area contributed by atoms with Gasteiger partial charge in [0.05, 0.1) is 4.90 Å². The Hall–Kier alpha value is -2.08. The molecule has 1 aromatic heterocycles. The first kappa shape index (κ1) is 15.3. The quantitative estimate of drug-likeness (QED) is 0.858. The van der Waals surface area contributed by atoms with E-state index in [0.717, 1.165) is 30.2 Å². The minimum absolute atomic E-state index is 0.313. The maximum Gasteiger partial charge on any atom is 0.175 e. The number of pyridine rings is 1. The van der Waals surface area contributed by atoms with Crippen molar-refractivity contribution in [1.82, 2.24) is 4.98 Å². The summed E-state index contributed by atoms with van der Waals surface area (Å²) in [6.07, 6.45) is 3.96. The highest BCUT2D eigenvalue weighted by Crippen LogP contribution is 2.20. The molecule has 0 aliphatic carbocycles. The van der Waals surface area contributed by atoms with Gasteiger partial charge in [0.15, 0.2) is 9.84 Å². The molecule has 1 aromatic carbocycles. The van der Waals surface area contributed by atoms with Gasteiger partial charge in [-0.2, -0.15) is 0 Å². The van der Waals surface area contributed by atoms with Gasteiger partial charge >= 0.3 is 0 Å². The molecule has 2 rings (SSSR count). The standard InChI is InChI=1S/C15H19N3O2S/c1-3-9-16-15-11-13(8-10-17-15)18-12-4-6-14(7-5-12)21(2,19)20/h4-8,10-11H,3,9H2,1-2H3,(H2,16,17,18). The van der Waals surface area contributed by atoms with Crippen LogP contribution < -0.4 is 10.6 Å². The van der Waals surface area contributed by atoms with Gasteiger partial charge in [-0.15, -0.1) is 0 Å². The van der Waals surface area contributed by atoms with E-state index in [4.69, 9.17) is 0 Å². The maximum absolute atomic E-state index is 11.4. The molecule has 0 radical (unpaired) electrons. The Balaban J connectivity index is 2.11. The highest BCUT2D eigenvalue weighted by molar-refractivity contribution is 7.90. The van der Waals surface area contributed by atoms with Crippen molar-refractivity contribution >= 4 is 27.0 Å². The highest BCUT2D eigenvalue weighted by atomic mass is 32.2. The average molecular weight is 305 g/mol. The van der Waals surface area contributed by atoms with E-state index >= 15 is 0 Å². The molecule has 0 spiro atoms. The monoisotopic (exact) mass is 305 g/mol. The van der Waals surface area contributed by atoms with Crippen LogP contribution in [0, 0.1) is 0 Å². The summed E-state index contributed by atoms with van der Waals surface area (Å²) in [7, 11) is -3.16. The molecule has 5 nitrogen and oxygen atoms in total. The SMILES string of the molecule is CCCNc1cc(Nc2ccc(S(C)(=O)=O)cc2)ccn1. The normalized spacial score (nSPS) is 11.1. The first-order valence-electron chi connectivity index (χ1n) is 6.76. The largest absolute Gasteiger partial charge is 0.370 e. The van der Waals surface area contributed by atoms with Crippen molar-refractivity contribution in [2.45, 2.75) is 18.2 Å². The fourth-order valence-electron chi connectivity index (χ4n) is 1.81. The van der Waals surface area contributed by atoms with E-state index in [-0.39, 0.29) is 0 Å². The van der Waals surface area contributed by atoms with Crippen molar-refractivity contribution in [3.63, 3.8) is 0 Å². The maximum atomic E-state index is 11.4. The van der Waals surface area contributed by atoms with Crippen LogP contribution in [0.2, 0.25) is 0 Å². The molecule has 0 bridgehead atoms. The third-order valence-corrected chi connectivity index (χ3v) is 4.02. The van der Waals surface area contributed by atoms with Crippen molar-refractivity contribution in [3.8, 4) is 0 Å². The molecule has 6 heteroatoms. The number of benzene rings is 1. The van der Waals surface area contributed by atoms with Gasteiger partial charge in [-0.05, 0) is 36.8 Å². The van der Waals surface area contributed by atoms with E-state index in [1.54, 1.807) is 30.5 Å². The molecule has 0 atom stereocenters. The van der Waals surface area contributed by atoms with Crippen molar-refractivity contribution in [2.75, 3.05) is 23.4 Å². The highest BCUT2D eigenvalue weighted by Gasteiger charge is 2.06. The van der Waals surface area contributed by atoms with Crippen LogP contribution in [0.5, 0.6) is 0 Å².